The van der Waals surface area contributed by atoms with Crippen LogP contribution in [-0.2, 0) is 14.8 Å². The molecular formula is C24H28N2O3S. The van der Waals surface area contributed by atoms with Crippen molar-refractivity contribution in [3.63, 3.8) is 0 Å². The second-order valence-corrected chi connectivity index (χ2v) is 10.2. The van der Waals surface area contributed by atoms with Crippen LogP contribution in [0.15, 0.2) is 65.6 Å². The molecule has 158 valence electrons. The van der Waals surface area contributed by atoms with Gasteiger partial charge in [0, 0.05) is 17.8 Å². The number of nitrogens with one attached hydrogen (secondary N) is 2. The Morgan fingerprint density at radius 2 is 1.77 bits per heavy atom. The molecule has 0 saturated heterocycles. The summed E-state index contributed by atoms with van der Waals surface area (Å²) in [5.41, 5.74) is 1.49. The van der Waals surface area contributed by atoms with Gasteiger partial charge in [-0.3, -0.25) is 4.79 Å². The lowest BCUT2D eigenvalue weighted by Gasteiger charge is -2.28. The number of amides is 1. The molecule has 0 aliphatic heterocycles. The molecule has 4 atom stereocenters. The number of hydrogen-bond donors (Lipinski definition) is 2. The Bertz CT molecular complexity index is 1020. The molecule has 2 bridgehead atoms. The van der Waals surface area contributed by atoms with E-state index in [0.29, 0.717) is 17.5 Å². The van der Waals surface area contributed by atoms with Gasteiger partial charge in [0.2, 0.25) is 15.9 Å². The molecule has 0 spiro atoms. The maximum Gasteiger partial charge on any atom is 0.248 e. The molecule has 4 rings (SSSR count). The minimum absolute atomic E-state index is 0.0622. The Labute approximate surface area is 178 Å². The number of rotatable bonds is 7. The van der Waals surface area contributed by atoms with Gasteiger partial charge in [0.1, 0.15) is 0 Å². The third-order valence-electron chi connectivity index (χ3n) is 6.43. The molecule has 5 nitrogen and oxygen atoms in total. The van der Waals surface area contributed by atoms with Crippen molar-refractivity contribution in [3.8, 4) is 0 Å². The van der Waals surface area contributed by atoms with E-state index in [1.165, 1.54) is 37.5 Å². The highest BCUT2D eigenvalue weighted by Gasteiger charge is 2.42. The van der Waals surface area contributed by atoms with Crippen LogP contribution in [0.3, 0.4) is 0 Å². The molecule has 2 aliphatic carbocycles. The second kappa shape index (κ2) is 8.74. The van der Waals surface area contributed by atoms with Gasteiger partial charge in [-0.05, 0) is 79.8 Å². The van der Waals surface area contributed by atoms with Crippen molar-refractivity contribution >= 4 is 27.7 Å². The molecule has 0 aromatic heterocycles. The highest BCUT2D eigenvalue weighted by Crippen LogP contribution is 2.49. The van der Waals surface area contributed by atoms with Gasteiger partial charge in [0.05, 0.1) is 4.90 Å². The average Bonchev–Trinajstić information content (AvgIpc) is 3.37. The maximum absolute atomic E-state index is 12.8. The molecule has 0 heterocycles. The highest BCUT2D eigenvalue weighted by atomic mass is 32.2. The smallest absolute Gasteiger partial charge is 0.248 e. The van der Waals surface area contributed by atoms with Crippen LogP contribution >= 0.6 is 0 Å². The van der Waals surface area contributed by atoms with Crippen LogP contribution in [0.1, 0.15) is 38.2 Å². The Balaban J connectivity index is 1.35. The molecular weight excluding hydrogens is 396 g/mol. The molecule has 4 unspecified atom stereocenters. The molecule has 2 aromatic rings. The van der Waals surface area contributed by atoms with Gasteiger partial charge < -0.3 is 5.32 Å². The second-order valence-electron chi connectivity index (χ2n) is 8.51. The third kappa shape index (κ3) is 4.82. The topological polar surface area (TPSA) is 75.3 Å². The first-order valence-corrected chi connectivity index (χ1v) is 12.1. The van der Waals surface area contributed by atoms with Gasteiger partial charge >= 0.3 is 0 Å². The summed E-state index contributed by atoms with van der Waals surface area (Å²) in [4.78, 5) is 12.3. The summed E-state index contributed by atoms with van der Waals surface area (Å²) in [5, 5.41) is 2.75. The fraction of sp³-hybridized carbons (Fsp3) is 0.375. The zero-order valence-corrected chi connectivity index (χ0v) is 17.9. The van der Waals surface area contributed by atoms with Gasteiger partial charge in [0.25, 0.3) is 0 Å². The van der Waals surface area contributed by atoms with Gasteiger partial charge in [0.15, 0.2) is 0 Å². The summed E-state index contributed by atoms with van der Waals surface area (Å²) in [5.74, 6) is 1.62. The maximum atomic E-state index is 12.8. The number of carbonyl (C=O) groups excluding carboxylic acids is 1. The summed E-state index contributed by atoms with van der Waals surface area (Å²) < 4.78 is 28.4. The van der Waals surface area contributed by atoms with Gasteiger partial charge in [-0.25, -0.2) is 13.1 Å². The lowest BCUT2D eigenvalue weighted by Crippen LogP contribution is -2.40. The summed E-state index contributed by atoms with van der Waals surface area (Å²) in [7, 11) is -3.58. The summed E-state index contributed by atoms with van der Waals surface area (Å²) >= 11 is 0. The first kappa shape index (κ1) is 20.8. The first-order chi connectivity index (χ1) is 14.4. The SMILES string of the molecule is CC(NS(=O)(=O)c1ccc(NC(=O)/C=C/c2ccccc2)cc1)C1CC2CCC1C2. The third-order valence-corrected chi connectivity index (χ3v) is 8.01. The minimum atomic E-state index is -3.58. The van der Waals surface area contributed by atoms with Crippen molar-refractivity contribution in [2.45, 2.75) is 43.5 Å². The quantitative estimate of drug-likeness (QED) is 0.645. The van der Waals surface area contributed by atoms with E-state index in [4.69, 9.17) is 0 Å². The molecule has 2 saturated carbocycles. The molecule has 2 aliphatic rings. The number of anilines is 1. The number of sulfonamides is 1. The van der Waals surface area contributed by atoms with Crippen LogP contribution in [0.5, 0.6) is 0 Å². The van der Waals surface area contributed by atoms with E-state index in [1.54, 1.807) is 18.2 Å². The zero-order valence-electron chi connectivity index (χ0n) is 17.1. The first-order valence-electron chi connectivity index (χ1n) is 10.6. The van der Waals surface area contributed by atoms with Crippen LogP contribution in [0.4, 0.5) is 5.69 Å². The molecule has 30 heavy (non-hydrogen) atoms. The van der Waals surface area contributed by atoms with E-state index in [1.807, 2.05) is 37.3 Å². The minimum Gasteiger partial charge on any atom is -0.323 e. The van der Waals surface area contributed by atoms with Crippen molar-refractivity contribution in [3.05, 3.63) is 66.2 Å². The van der Waals surface area contributed by atoms with E-state index in [9.17, 15) is 13.2 Å². The van der Waals surface area contributed by atoms with Crippen LogP contribution in [0.2, 0.25) is 0 Å². The Hall–Kier alpha value is -2.44. The van der Waals surface area contributed by atoms with Crippen molar-refractivity contribution in [2.24, 2.45) is 17.8 Å². The summed E-state index contributed by atoms with van der Waals surface area (Å²) in [6.07, 6.45) is 8.11. The molecule has 2 N–H and O–H groups in total. The van der Waals surface area contributed by atoms with E-state index in [0.717, 1.165) is 17.9 Å². The van der Waals surface area contributed by atoms with Crippen molar-refractivity contribution in [1.29, 1.82) is 0 Å². The fourth-order valence-corrected chi connectivity index (χ4v) is 6.24. The standard InChI is InChI=1S/C24H28N2O3S/c1-17(23-16-19-7-9-20(23)15-19)26-30(28,29)22-12-10-21(11-13-22)25-24(27)14-8-18-5-3-2-4-6-18/h2-6,8,10-14,17,19-20,23,26H,7,9,15-16H2,1H3,(H,25,27)/b14-8+. The van der Waals surface area contributed by atoms with E-state index < -0.39 is 10.0 Å². The molecule has 6 heteroatoms. The number of hydrogen-bond acceptors (Lipinski definition) is 3. The summed E-state index contributed by atoms with van der Waals surface area (Å²) in [6, 6.07) is 15.8. The number of fused-ring (bicyclic) bond motifs is 2. The lowest BCUT2D eigenvalue weighted by atomic mass is 9.84. The van der Waals surface area contributed by atoms with E-state index >= 15 is 0 Å². The van der Waals surface area contributed by atoms with E-state index in [-0.39, 0.29) is 16.8 Å². The van der Waals surface area contributed by atoms with Gasteiger partial charge in [-0.15, -0.1) is 0 Å². The zero-order chi connectivity index (χ0) is 21.1. The monoisotopic (exact) mass is 424 g/mol. The van der Waals surface area contributed by atoms with Gasteiger partial charge in [-0.2, -0.15) is 0 Å². The van der Waals surface area contributed by atoms with Crippen molar-refractivity contribution in [1.82, 2.24) is 4.72 Å². The average molecular weight is 425 g/mol. The molecule has 1 amide bonds. The molecule has 2 fully saturated rings. The predicted octanol–water partition coefficient (Wildman–Crippen LogP) is 4.44. The normalized spacial score (nSPS) is 24.2. The molecule has 2 aromatic carbocycles. The summed E-state index contributed by atoms with van der Waals surface area (Å²) in [6.45, 7) is 1.98. The van der Waals surface area contributed by atoms with Crippen molar-refractivity contribution < 1.29 is 13.2 Å². The fourth-order valence-electron chi connectivity index (χ4n) is 4.94. The Morgan fingerprint density at radius 3 is 2.40 bits per heavy atom. The van der Waals surface area contributed by atoms with E-state index in [2.05, 4.69) is 10.0 Å². The Morgan fingerprint density at radius 1 is 1.03 bits per heavy atom. The van der Waals surface area contributed by atoms with Crippen molar-refractivity contribution in [2.75, 3.05) is 5.32 Å². The number of carbonyl (C=O) groups is 1. The molecule has 0 radical (unpaired) electrons. The Kier molecular flexibility index (Phi) is 6.06. The van der Waals surface area contributed by atoms with Crippen LogP contribution in [0.25, 0.3) is 6.08 Å². The highest BCUT2D eigenvalue weighted by molar-refractivity contribution is 7.89. The van der Waals surface area contributed by atoms with Crippen LogP contribution < -0.4 is 10.0 Å². The predicted molar refractivity (Wildman–Crippen MR) is 119 cm³/mol. The van der Waals surface area contributed by atoms with Crippen LogP contribution in [-0.4, -0.2) is 20.4 Å². The lowest BCUT2D eigenvalue weighted by molar-refractivity contribution is -0.111. The van der Waals surface area contributed by atoms with Crippen LogP contribution in [0, 0.1) is 17.8 Å². The van der Waals surface area contributed by atoms with Gasteiger partial charge in [-0.1, -0.05) is 36.8 Å². The number of benzene rings is 2. The largest absolute Gasteiger partial charge is 0.323 e.